The molecule has 0 radical (unpaired) electrons. The zero-order valence-electron chi connectivity index (χ0n) is 15.9. The molecule has 0 amide bonds. The van der Waals surface area contributed by atoms with Crippen LogP contribution in [0.2, 0.25) is 0 Å². The van der Waals surface area contributed by atoms with Crippen molar-refractivity contribution in [3.05, 3.63) is 101 Å². The number of hydrogen-bond acceptors (Lipinski definition) is 3. The Morgan fingerprint density at radius 1 is 0.750 bits per heavy atom. The van der Waals surface area contributed by atoms with Gasteiger partial charge in [-0.25, -0.2) is 0 Å². The maximum atomic E-state index is 11.1. The summed E-state index contributed by atoms with van der Waals surface area (Å²) in [5, 5.41) is 11.1. The average Bonchev–Trinajstić information content (AvgIpc) is 3.12. The molecule has 1 nitrogen and oxygen atoms in total. The Hall–Kier alpha value is -2.20. The predicted octanol–water partition coefficient (Wildman–Crippen LogP) is 6.80. The molecule has 3 heteroatoms. The highest BCUT2D eigenvalue weighted by Crippen LogP contribution is 2.42. The van der Waals surface area contributed by atoms with Gasteiger partial charge in [0.25, 0.3) is 0 Å². The molecular weight excluding hydrogens is 380 g/mol. The zero-order valence-corrected chi connectivity index (χ0v) is 17.6. The molecule has 0 unspecified atom stereocenters. The number of aliphatic hydroxyl groups is 1. The summed E-state index contributed by atoms with van der Waals surface area (Å²) in [5.41, 5.74) is 6.47. The molecule has 1 N–H and O–H groups in total. The van der Waals surface area contributed by atoms with Crippen LogP contribution in [0.1, 0.15) is 28.4 Å². The van der Waals surface area contributed by atoms with Crippen molar-refractivity contribution in [1.82, 2.24) is 0 Å². The summed E-state index contributed by atoms with van der Waals surface area (Å²) in [6, 6.07) is 25.1. The molecule has 1 atom stereocenters. The highest BCUT2D eigenvalue weighted by molar-refractivity contribution is 7.98. The van der Waals surface area contributed by atoms with Crippen molar-refractivity contribution in [3.8, 4) is 0 Å². The molecule has 3 aromatic rings. The molecule has 0 aliphatic heterocycles. The Labute approximate surface area is 175 Å². The number of hydrogen-bond donors (Lipinski definition) is 1. The van der Waals surface area contributed by atoms with Crippen molar-refractivity contribution in [3.63, 3.8) is 0 Å². The van der Waals surface area contributed by atoms with Crippen molar-refractivity contribution in [1.29, 1.82) is 0 Å². The van der Waals surface area contributed by atoms with E-state index in [4.69, 9.17) is 0 Å². The van der Waals surface area contributed by atoms with E-state index in [2.05, 4.69) is 79.3 Å². The number of thioether (sulfide) groups is 2. The molecule has 3 aromatic carbocycles. The van der Waals surface area contributed by atoms with Crippen molar-refractivity contribution >= 4 is 40.7 Å². The minimum absolute atomic E-state index is 0.637. The Balaban J connectivity index is 1.72. The molecule has 0 saturated carbocycles. The molecule has 0 spiro atoms. The van der Waals surface area contributed by atoms with E-state index in [0.29, 0.717) is 0 Å². The molecule has 4 rings (SSSR count). The van der Waals surface area contributed by atoms with Crippen LogP contribution < -0.4 is 0 Å². The van der Waals surface area contributed by atoms with E-state index in [-0.39, 0.29) is 0 Å². The van der Waals surface area contributed by atoms with Crippen molar-refractivity contribution in [2.75, 3.05) is 12.5 Å². The quantitative estimate of drug-likeness (QED) is 0.474. The van der Waals surface area contributed by atoms with Gasteiger partial charge in [-0.3, -0.25) is 0 Å². The van der Waals surface area contributed by atoms with Gasteiger partial charge in [0.1, 0.15) is 6.10 Å². The van der Waals surface area contributed by atoms with Crippen LogP contribution in [-0.4, -0.2) is 17.6 Å². The van der Waals surface area contributed by atoms with Gasteiger partial charge >= 0.3 is 0 Å². The highest BCUT2D eigenvalue weighted by Gasteiger charge is 2.24. The van der Waals surface area contributed by atoms with Crippen LogP contribution in [0.3, 0.4) is 0 Å². The molecule has 0 aromatic heterocycles. The van der Waals surface area contributed by atoms with Gasteiger partial charge in [-0.05, 0) is 82.3 Å². The fourth-order valence-electron chi connectivity index (χ4n) is 3.50. The van der Waals surface area contributed by atoms with Crippen LogP contribution in [0.15, 0.2) is 88.7 Å². The van der Waals surface area contributed by atoms with E-state index in [9.17, 15) is 5.11 Å². The Kier molecular flexibility index (Phi) is 5.77. The van der Waals surface area contributed by atoms with Crippen molar-refractivity contribution < 1.29 is 5.11 Å². The van der Waals surface area contributed by atoms with Crippen LogP contribution in [0.5, 0.6) is 0 Å². The Bertz CT molecular complexity index is 1030. The summed E-state index contributed by atoms with van der Waals surface area (Å²) in [5.74, 6) is 0. The van der Waals surface area contributed by atoms with Gasteiger partial charge in [0, 0.05) is 9.79 Å². The first-order chi connectivity index (χ1) is 13.7. The summed E-state index contributed by atoms with van der Waals surface area (Å²) in [4.78, 5) is 2.46. The van der Waals surface area contributed by atoms with Crippen LogP contribution in [0.25, 0.3) is 17.2 Å². The molecule has 0 bridgehead atoms. The van der Waals surface area contributed by atoms with E-state index in [0.717, 1.165) is 22.3 Å². The molecule has 28 heavy (non-hydrogen) atoms. The maximum Gasteiger partial charge on any atom is 0.105 e. The van der Waals surface area contributed by atoms with Gasteiger partial charge in [-0.15, -0.1) is 23.5 Å². The monoisotopic (exact) mass is 402 g/mol. The standard InChI is InChI=1S/C25H22OS2/c1-27-20-11-7-17(8-12-20)15-19-16-24(23-6-4-3-5-22(19)23)25(26)18-9-13-21(28-2)14-10-18/h3-16,25-26H,1-2H3/b19-15-/t25-/m0/s1. The molecule has 0 saturated heterocycles. The zero-order chi connectivity index (χ0) is 19.5. The summed E-state index contributed by atoms with van der Waals surface area (Å²) in [6.07, 6.45) is 7.83. The summed E-state index contributed by atoms with van der Waals surface area (Å²) < 4.78 is 0. The van der Waals surface area contributed by atoms with Gasteiger partial charge < -0.3 is 5.11 Å². The van der Waals surface area contributed by atoms with Gasteiger partial charge in [0.05, 0.1) is 0 Å². The fourth-order valence-corrected chi connectivity index (χ4v) is 4.32. The summed E-state index contributed by atoms with van der Waals surface area (Å²) in [6.45, 7) is 0. The minimum atomic E-state index is -0.637. The average molecular weight is 403 g/mol. The van der Waals surface area contributed by atoms with Gasteiger partial charge in [0.15, 0.2) is 0 Å². The van der Waals surface area contributed by atoms with E-state index < -0.39 is 6.10 Å². The summed E-state index contributed by atoms with van der Waals surface area (Å²) in [7, 11) is 0. The second-order valence-electron chi connectivity index (χ2n) is 6.69. The number of benzene rings is 3. The lowest BCUT2D eigenvalue weighted by molar-refractivity contribution is 0.238. The molecule has 0 fully saturated rings. The topological polar surface area (TPSA) is 20.2 Å². The van der Waals surface area contributed by atoms with E-state index in [1.54, 1.807) is 23.5 Å². The van der Waals surface area contributed by atoms with Gasteiger partial charge in [-0.1, -0.05) is 48.5 Å². The fraction of sp³-hybridized carbons (Fsp3) is 0.120. The molecule has 140 valence electrons. The number of fused-ring (bicyclic) bond motifs is 1. The minimum Gasteiger partial charge on any atom is -0.384 e. The lowest BCUT2D eigenvalue weighted by atomic mass is 9.96. The van der Waals surface area contributed by atoms with Crippen LogP contribution >= 0.6 is 23.5 Å². The highest BCUT2D eigenvalue weighted by atomic mass is 32.2. The first-order valence-corrected chi connectivity index (χ1v) is 11.6. The van der Waals surface area contributed by atoms with Crippen LogP contribution in [-0.2, 0) is 0 Å². The van der Waals surface area contributed by atoms with E-state index >= 15 is 0 Å². The van der Waals surface area contributed by atoms with E-state index in [1.165, 1.54) is 20.9 Å². The molecule has 1 aliphatic rings. The summed E-state index contributed by atoms with van der Waals surface area (Å²) >= 11 is 3.45. The first kappa shape index (κ1) is 19.1. The third-order valence-electron chi connectivity index (χ3n) is 5.02. The normalized spacial score (nSPS) is 15.4. The van der Waals surface area contributed by atoms with Crippen molar-refractivity contribution in [2.24, 2.45) is 0 Å². The van der Waals surface area contributed by atoms with Gasteiger partial charge in [0.2, 0.25) is 0 Å². The second-order valence-corrected chi connectivity index (χ2v) is 8.45. The largest absolute Gasteiger partial charge is 0.384 e. The molecule has 0 heterocycles. The second kappa shape index (κ2) is 8.44. The van der Waals surface area contributed by atoms with Gasteiger partial charge in [-0.2, -0.15) is 0 Å². The van der Waals surface area contributed by atoms with Crippen LogP contribution in [0, 0.1) is 0 Å². The van der Waals surface area contributed by atoms with Crippen LogP contribution in [0.4, 0.5) is 0 Å². The first-order valence-electron chi connectivity index (χ1n) is 9.19. The van der Waals surface area contributed by atoms with E-state index in [1.807, 2.05) is 18.2 Å². The Morgan fingerprint density at radius 3 is 1.93 bits per heavy atom. The number of allylic oxidation sites excluding steroid dienone is 2. The number of rotatable bonds is 5. The lowest BCUT2D eigenvalue weighted by Gasteiger charge is -2.14. The lowest BCUT2D eigenvalue weighted by Crippen LogP contribution is -1.99. The molecule has 1 aliphatic carbocycles. The predicted molar refractivity (Wildman–Crippen MR) is 124 cm³/mol. The SMILES string of the molecule is CSc1ccc(/C=C2/C=C([C@@H](O)c3ccc(SC)cc3)c3ccccc32)cc1. The third-order valence-corrected chi connectivity index (χ3v) is 6.51. The Morgan fingerprint density at radius 2 is 1.32 bits per heavy atom. The maximum absolute atomic E-state index is 11.1. The smallest absolute Gasteiger partial charge is 0.105 e. The molecular formula is C25H22OS2. The third kappa shape index (κ3) is 3.83. The number of aliphatic hydroxyl groups excluding tert-OH is 1. The van der Waals surface area contributed by atoms with Crippen molar-refractivity contribution in [2.45, 2.75) is 15.9 Å².